The zero-order chi connectivity index (χ0) is 14.1. The smallest absolute Gasteiger partial charge is 0.325 e. The van der Waals surface area contributed by atoms with Gasteiger partial charge in [-0.2, -0.15) is 0 Å². The second kappa shape index (κ2) is 5.22. The molecule has 0 atom stereocenters. The van der Waals surface area contributed by atoms with Gasteiger partial charge in [-0.25, -0.2) is 4.79 Å². The number of nitrogens with zero attached hydrogens (tertiary/aromatic N) is 2. The van der Waals surface area contributed by atoms with E-state index in [9.17, 15) is 14.4 Å². The Balaban J connectivity index is 1.63. The van der Waals surface area contributed by atoms with Crippen LogP contribution in [0.5, 0.6) is 0 Å². The second-order valence-corrected chi connectivity index (χ2v) is 5.14. The predicted octanol–water partition coefficient (Wildman–Crippen LogP) is -2.21. The molecular formula is C12H17N5O3. The molecule has 1 amide bonds. The monoisotopic (exact) mass is 279 g/mol. The third kappa shape index (κ3) is 2.39. The van der Waals surface area contributed by atoms with Crippen molar-refractivity contribution in [1.29, 1.82) is 0 Å². The molecule has 2 aliphatic rings. The van der Waals surface area contributed by atoms with Crippen LogP contribution in [0.1, 0.15) is 10.4 Å². The fraction of sp³-hybridized carbons (Fsp3) is 0.583. The average Bonchev–Trinajstić information content (AvgIpc) is 2.38. The van der Waals surface area contributed by atoms with E-state index >= 15 is 0 Å². The van der Waals surface area contributed by atoms with Crippen molar-refractivity contribution in [3.05, 3.63) is 32.6 Å². The SMILES string of the molecule is O=C(c1c[nH]c(=O)[nH]c1=O)N1CC(N2CCNCC2)C1. The Morgan fingerprint density at radius 2 is 1.90 bits per heavy atom. The molecule has 3 N–H and O–H groups in total. The third-order valence-corrected chi connectivity index (χ3v) is 3.87. The van der Waals surface area contributed by atoms with Gasteiger partial charge in [0.2, 0.25) is 0 Å². The summed E-state index contributed by atoms with van der Waals surface area (Å²) in [4.78, 5) is 43.0. The molecule has 0 aromatic carbocycles. The Morgan fingerprint density at radius 1 is 1.20 bits per heavy atom. The number of aromatic amines is 2. The van der Waals surface area contributed by atoms with E-state index in [1.807, 2.05) is 0 Å². The van der Waals surface area contributed by atoms with Crippen molar-refractivity contribution in [2.75, 3.05) is 39.3 Å². The van der Waals surface area contributed by atoms with Gasteiger partial charge in [-0.3, -0.25) is 19.5 Å². The van der Waals surface area contributed by atoms with E-state index in [0.29, 0.717) is 19.1 Å². The summed E-state index contributed by atoms with van der Waals surface area (Å²) in [6, 6.07) is 0.378. The molecule has 0 aliphatic carbocycles. The number of piperazine rings is 1. The van der Waals surface area contributed by atoms with Crippen LogP contribution < -0.4 is 16.6 Å². The van der Waals surface area contributed by atoms with Gasteiger partial charge in [0.1, 0.15) is 5.56 Å². The first-order valence-corrected chi connectivity index (χ1v) is 6.71. The highest BCUT2D eigenvalue weighted by molar-refractivity contribution is 5.94. The summed E-state index contributed by atoms with van der Waals surface area (Å²) in [7, 11) is 0. The number of rotatable bonds is 2. The summed E-state index contributed by atoms with van der Waals surface area (Å²) < 4.78 is 0. The molecule has 2 saturated heterocycles. The van der Waals surface area contributed by atoms with E-state index in [0.717, 1.165) is 26.2 Å². The number of hydrogen-bond acceptors (Lipinski definition) is 5. The van der Waals surface area contributed by atoms with Gasteiger partial charge in [0.15, 0.2) is 0 Å². The molecule has 2 fully saturated rings. The molecule has 0 spiro atoms. The van der Waals surface area contributed by atoms with Crippen LogP contribution in [-0.4, -0.2) is 71.0 Å². The van der Waals surface area contributed by atoms with E-state index in [-0.39, 0.29) is 11.5 Å². The van der Waals surface area contributed by atoms with E-state index in [4.69, 9.17) is 0 Å². The summed E-state index contributed by atoms with van der Waals surface area (Å²) in [5, 5.41) is 3.29. The highest BCUT2D eigenvalue weighted by Gasteiger charge is 2.36. The lowest BCUT2D eigenvalue weighted by Gasteiger charge is -2.46. The molecule has 1 aromatic heterocycles. The maximum atomic E-state index is 12.1. The second-order valence-electron chi connectivity index (χ2n) is 5.14. The molecule has 108 valence electrons. The number of nitrogens with one attached hydrogen (secondary N) is 3. The van der Waals surface area contributed by atoms with Crippen molar-refractivity contribution in [3.8, 4) is 0 Å². The van der Waals surface area contributed by atoms with Gasteiger partial charge in [0, 0.05) is 51.5 Å². The fourth-order valence-electron chi connectivity index (χ4n) is 2.64. The van der Waals surface area contributed by atoms with Gasteiger partial charge in [0.05, 0.1) is 0 Å². The largest absolute Gasteiger partial charge is 0.335 e. The lowest BCUT2D eigenvalue weighted by Crippen LogP contribution is -2.64. The standard InChI is InChI=1S/C12H17N5O3/c18-10-9(5-14-12(20)15-10)11(19)17-6-8(7-17)16-3-1-13-2-4-16/h5,8,13H,1-4,6-7H2,(H2,14,15,18,20). The van der Waals surface area contributed by atoms with E-state index in [2.05, 4.69) is 20.2 Å². The van der Waals surface area contributed by atoms with E-state index in [1.165, 1.54) is 6.20 Å². The Kier molecular flexibility index (Phi) is 3.41. The predicted molar refractivity (Wildman–Crippen MR) is 71.8 cm³/mol. The minimum absolute atomic E-state index is 0.0108. The Labute approximate surface area is 114 Å². The molecule has 0 bridgehead atoms. The van der Waals surface area contributed by atoms with Crippen molar-refractivity contribution in [2.45, 2.75) is 6.04 Å². The van der Waals surface area contributed by atoms with Gasteiger partial charge in [-0.05, 0) is 0 Å². The summed E-state index contributed by atoms with van der Waals surface area (Å²) >= 11 is 0. The minimum atomic E-state index is -0.635. The number of amides is 1. The number of aromatic nitrogens is 2. The lowest BCUT2D eigenvalue weighted by molar-refractivity contribution is 0.0225. The summed E-state index contributed by atoms with van der Waals surface area (Å²) in [5.74, 6) is -0.325. The van der Waals surface area contributed by atoms with Crippen molar-refractivity contribution < 1.29 is 4.79 Å². The molecule has 3 rings (SSSR count). The summed E-state index contributed by atoms with van der Waals surface area (Å²) in [6.07, 6.45) is 1.18. The lowest BCUT2D eigenvalue weighted by atomic mass is 10.0. The number of carbonyl (C=O) groups is 1. The van der Waals surface area contributed by atoms with Crippen molar-refractivity contribution in [3.63, 3.8) is 0 Å². The van der Waals surface area contributed by atoms with Gasteiger partial charge < -0.3 is 15.2 Å². The van der Waals surface area contributed by atoms with Crippen LogP contribution in [0, 0.1) is 0 Å². The maximum absolute atomic E-state index is 12.1. The number of likely N-dealkylation sites (tertiary alicyclic amines) is 1. The number of hydrogen-bond donors (Lipinski definition) is 3. The van der Waals surface area contributed by atoms with Gasteiger partial charge in [-0.15, -0.1) is 0 Å². The summed E-state index contributed by atoms with van der Waals surface area (Å²) in [6.45, 7) is 5.21. The van der Waals surface area contributed by atoms with E-state index in [1.54, 1.807) is 4.90 Å². The highest BCUT2D eigenvalue weighted by Crippen LogP contribution is 2.17. The first-order chi connectivity index (χ1) is 9.65. The quantitative estimate of drug-likeness (QED) is 0.570. The average molecular weight is 279 g/mol. The zero-order valence-electron chi connectivity index (χ0n) is 11.0. The van der Waals surface area contributed by atoms with Crippen LogP contribution >= 0.6 is 0 Å². The Bertz CT molecular complexity index is 610. The summed E-state index contributed by atoms with van der Waals surface area (Å²) in [5.41, 5.74) is -1.25. The molecule has 8 heteroatoms. The van der Waals surface area contributed by atoms with Crippen molar-refractivity contribution in [2.24, 2.45) is 0 Å². The third-order valence-electron chi connectivity index (χ3n) is 3.87. The van der Waals surface area contributed by atoms with Crippen molar-refractivity contribution >= 4 is 5.91 Å². The normalized spacial score (nSPS) is 20.7. The van der Waals surface area contributed by atoms with Crippen molar-refractivity contribution in [1.82, 2.24) is 25.1 Å². The molecule has 20 heavy (non-hydrogen) atoms. The van der Waals surface area contributed by atoms with Gasteiger partial charge >= 0.3 is 5.69 Å². The first kappa shape index (κ1) is 13.1. The Morgan fingerprint density at radius 3 is 2.55 bits per heavy atom. The number of carbonyl (C=O) groups excluding carboxylic acids is 1. The van der Waals surface area contributed by atoms with Gasteiger partial charge in [-0.1, -0.05) is 0 Å². The van der Waals surface area contributed by atoms with Crippen LogP contribution in [-0.2, 0) is 0 Å². The molecule has 3 heterocycles. The zero-order valence-corrected chi connectivity index (χ0v) is 11.0. The molecule has 8 nitrogen and oxygen atoms in total. The van der Waals surface area contributed by atoms with Gasteiger partial charge in [0.25, 0.3) is 11.5 Å². The molecule has 0 radical (unpaired) electrons. The van der Waals surface area contributed by atoms with E-state index < -0.39 is 11.2 Å². The van der Waals surface area contributed by atoms with Crippen LogP contribution in [0.2, 0.25) is 0 Å². The molecule has 0 saturated carbocycles. The Hall–Kier alpha value is -1.93. The molecular weight excluding hydrogens is 262 g/mol. The maximum Gasteiger partial charge on any atom is 0.325 e. The van der Waals surface area contributed by atoms with Crippen LogP contribution in [0.3, 0.4) is 0 Å². The first-order valence-electron chi connectivity index (χ1n) is 6.71. The van der Waals surface area contributed by atoms with Crippen LogP contribution in [0.4, 0.5) is 0 Å². The van der Waals surface area contributed by atoms with Crippen LogP contribution in [0.25, 0.3) is 0 Å². The topological polar surface area (TPSA) is 101 Å². The highest BCUT2D eigenvalue weighted by atomic mass is 16.2. The molecule has 0 unspecified atom stereocenters. The van der Waals surface area contributed by atoms with Crippen LogP contribution in [0.15, 0.2) is 15.8 Å². The molecule has 2 aliphatic heterocycles. The fourth-order valence-corrected chi connectivity index (χ4v) is 2.64. The number of H-pyrrole nitrogens is 2. The minimum Gasteiger partial charge on any atom is -0.335 e. The molecule has 1 aromatic rings.